The number of carbonyl (C=O) groups is 3. The Balaban J connectivity index is 1.99. The van der Waals surface area contributed by atoms with E-state index in [-0.39, 0.29) is 17.5 Å². The monoisotopic (exact) mass is 470 g/mol. The van der Waals surface area contributed by atoms with Crippen molar-refractivity contribution in [2.45, 2.75) is 32.9 Å². The summed E-state index contributed by atoms with van der Waals surface area (Å²) in [5.74, 6) is -2.68. The lowest BCUT2D eigenvalue weighted by Gasteiger charge is -2.22. The number of benzene rings is 1. The Bertz CT molecular complexity index is 858. The molecule has 1 aromatic carbocycles. The first-order valence-electron chi connectivity index (χ1n) is 8.49. The summed E-state index contributed by atoms with van der Waals surface area (Å²) in [7, 11) is 0. The lowest BCUT2D eigenvalue weighted by atomic mass is 10.0. The van der Waals surface area contributed by atoms with Crippen molar-refractivity contribution in [1.82, 2.24) is 5.32 Å². The summed E-state index contributed by atoms with van der Waals surface area (Å²) in [4.78, 5) is 37.4. The van der Waals surface area contributed by atoms with Gasteiger partial charge in [-0.1, -0.05) is 35.8 Å². The maximum absolute atomic E-state index is 13.8. The predicted octanol–water partition coefficient (Wildman–Crippen LogP) is 3.97. The minimum Gasteiger partial charge on any atom is -0.451 e. The van der Waals surface area contributed by atoms with Gasteiger partial charge in [-0.15, -0.1) is 11.3 Å². The van der Waals surface area contributed by atoms with Crippen molar-refractivity contribution in [3.05, 3.63) is 50.9 Å². The van der Waals surface area contributed by atoms with Crippen molar-refractivity contribution < 1.29 is 23.5 Å². The second kappa shape index (κ2) is 9.79. The summed E-state index contributed by atoms with van der Waals surface area (Å²) in [6.07, 6.45) is -1.17. The van der Waals surface area contributed by atoms with Crippen LogP contribution in [0.3, 0.4) is 0 Å². The number of carbonyl (C=O) groups excluding carboxylic acids is 3. The van der Waals surface area contributed by atoms with E-state index < -0.39 is 29.8 Å². The summed E-state index contributed by atoms with van der Waals surface area (Å²) >= 11 is 4.38. The number of halogens is 2. The van der Waals surface area contributed by atoms with Gasteiger partial charge >= 0.3 is 5.97 Å². The van der Waals surface area contributed by atoms with E-state index in [1.54, 1.807) is 37.4 Å². The highest BCUT2D eigenvalue weighted by Gasteiger charge is 2.29. The molecule has 2 aromatic rings. The number of amides is 2. The summed E-state index contributed by atoms with van der Waals surface area (Å²) in [5.41, 5.74) is -0.0255. The van der Waals surface area contributed by atoms with Gasteiger partial charge in [0.1, 0.15) is 11.9 Å². The lowest BCUT2D eigenvalue weighted by molar-refractivity contribution is -0.156. The zero-order valence-corrected chi connectivity index (χ0v) is 17.9. The van der Waals surface area contributed by atoms with Crippen molar-refractivity contribution in [2.75, 3.05) is 5.32 Å². The molecule has 0 radical (unpaired) electrons. The largest absolute Gasteiger partial charge is 0.451 e. The zero-order valence-electron chi connectivity index (χ0n) is 15.5. The number of ether oxygens (including phenoxy) is 1. The van der Waals surface area contributed by atoms with E-state index >= 15 is 0 Å². The Kier molecular flexibility index (Phi) is 7.70. The van der Waals surface area contributed by atoms with Crippen LogP contribution < -0.4 is 10.6 Å². The minimum absolute atomic E-state index is 0.0255. The molecule has 0 spiro atoms. The van der Waals surface area contributed by atoms with E-state index in [2.05, 4.69) is 26.6 Å². The molecule has 1 heterocycles. The van der Waals surface area contributed by atoms with E-state index in [0.717, 1.165) is 0 Å². The quantitative estimate of drug-likeness (QED) is 0.599. The lowest BCUT2D eigenvalue weighted by Crippen LogP contribution is -2.47. The summed E-state index contributed by atoms with van der Waals surface area (Å²) in [6, 6.07) is 6.63. The highest BCUT2D eigenvalue weighted by atomic mass is 79.9. The van der Waals surface area contributed by atoms with Crippen molar-refractivity contribution in [3.63, 3.8) is 0 Å². The average Bonchev–Trinajstić information content (AvgIpc) is 3.16. The second-order valence-electron chi connectivity index (χ2n) is 6.36. The molecular weight excluding hydrogens is 451 g/mol. The number of thiophene rings is 1. The maximum Gasteiger partial charge on any atom is 0.329 e. The van der Waals surface area contributed by atoms with Crippen LogP contribution >= 0.6 is 27.3 Å². The van der Waals surface area contributed by atoms with E-state index in [0.29, 0.717) is 9.35 Å². The van der Waals surface area contributed by atoms with Gasteiger partial charge < -0.3 is 15.4 Å². The molecule has 0 saturated carbocycles. The number of rotatable bonds is 7. The van der Waals surface area contributed by atoms with Crippen molar-refractivity contribution in [1.29, 1.82) is 0 Å². The van der Waals surface area contributed by atoms with Crippen LogP contribution in [0.5, 0.6) is 0 Å². The van der Waals surface area contributed by atoms with Crippen LogP contribution in [0, 0.1) is 11.7 Å². The molecule has 0 aliphatic heterocycles. The SMILES string of the molecule is CC(OC(=O)C(NC(=O)c1cccs1)C(C)C)C(=O)Nc1ccc(Br)cc1F. The third kappa shape index (κ3) is 5.87. The molecule has 0 aliphatic carbocycles. The first-order valence-corrected chi connectivity index (χ1v) is 10.2. The number of hydrogen-bond acceptors (Lipinski definition) is 5. The van der Waals surface area contributed by atoms with E-state index in [4.69, 9.17) is 4.74 Å². The Morgan fingerprint density at radius 2 is 1.89 bits per heavy atom. The topological polar surface area (TPSA) is 84.5 Å². The zero-order chi connectivity index (χ0) is 20.8. The molecule has 0 fully saturated rings. The van der Waals surface area contributed by atoms with Gasteiger partial charge in [0.2, 0.25) is 0 Å². The van der Waals surface area contributed by atoms with Crippen molar-refractivity contribution in [2.24, 2.45) is 5.92 Å². The molecular formula is C19H20BrFN2O4S. The molecule has 9 heteroatoms. The van der Waals surface area contributed by atoms with Gasteiger partial charge in [0.15, 0.2) is 6.10 Å². The van der Waals surface area contributed by atoms with Crippen LogP contribution in [0.1, 0.15) is 30.4 Å². The van der Waals surface area contributed by atoms with Crippen molar-refractivity contribution >= 4 is 50.7 Å². The number of hydrogen-bond donors (Lipinski definition) is 2. The minimum atomic E-state index is -1.17. The molecule has 0 bridgehead atoms. The van der Waals surface area contributed by atoms with Crippen molar-refractivity contribution in [3.8, 4) is 0 Å². The highest BCUT2D eigenvalue weighted by molar-refractivity contribution is 9.10. The number of esters is 1. The Morgan fingerprint density at radius 3 is 2.46 bits per heavy atom. The third-order valence-electron chi connectivity index (χ3n) is 3.80. The fraction of sp³-hybridized carbons (Fsp3) is 0.316. The van der Waals surface area contributed by atoms with Crippen LogP contribution in [-0.4, -0.2) is 29.9 Å². The Morgan fingerprint density at radius 1 is 1.18 bits per heavy atom. The molecule has 0 saturated heterocycles. The molecule has 2 amide bonds. The first kappa shape index (κ1) is 22.0. The number of anilines is 1. The average molecular weight is 471 g/mol. The smallest absolute Gasteiger partial charge is 0.329 e. The summed E-state index contributed by atoms with van der Waals surface area (Å²) < 4.78 is 19.6. The first-order chi connectivity index (χ1) is 13.2. The van der Waals surface area contributed by atoms with Crippen LogP contribution in [0.2, 0.25) is 0 Å². The van der Waals surface area contributed by atoms with Gasteiger partial charge in [-0.2, -0.15) is 0 Å². The maximum atomic E-state index is 13.8. The molecule has 2 unspecified atom stereocenters. The fourth-order valence-corrected chi connectivity index (χ4v) is 3.20. The highest BCUT2D eigenvalue weighted by Crippen LogP contribution is 2.20. The van der Waals surface area contributed by atoms with Crippen LogP contribution in [0.25, 0.3) is 0 Å². The molecule has 6 nitrogen and oxygen atoms in total. The molecule has 2 atom stereocenters. The fourth-order valence-electron chi connectivity index (χ4n) is 2.24. The Labute approximate surface area is 174 Å². The van der Waals surface area contributed by atoms with E-state index in [1.165, 1.54) is 30.4 Å². The van der Waals surface area contributed by atoms with E-state index in [1.807, 2.05) is 0 Å². The van der Waals surface area contributed by atoms with Gasteiger partial charge in [0, 0.05) is 4.47 Å². The molecule has 28 heavy (non-hydrogen) atoms. The molecule has 150 valence electrons. The molecule has 1 aromatic heterocycles. The van der Waals surface area contributed by atoms with Crippen LogP contribution in [0.15, 0.2) is 40.2 Å². The van der Waals surface area contributed by atoms with Gasteiger partial charge in [0.25, 0.3) is 11.8 Å². The van der Waals surface area contributed by atoms with Crippen LogP contribution in [0.4, 0.5) is 10.1 Å². The molecule has 2 N–H and O–H groups in total. The normalized spacial score (nSPS) is 12.9. The predicted molar refractivity (Wildman–Crippen MR) is 109 cm³/mol. The van der Waals surface area contributed by atoms with Gasteiger partial charge in [0.05, 0.1) is 10.6 Å². The standard InChI is InChI=1S/C19H20BrFN2O4S/c1-10(2)16(23-18(25)15-5-4-8-28-15)19(26)27-11(3)17(24)22-14-7-6-12(20)9-13(14)21/h4-11,16H,1-3H3,(H,22,24)(H,23,25). The Hall–Kier alpha value is -2.26. The van der Waals surface area contributed by atoms with Crippen LogP contribution in [-0.2, 0) is 14.3 Å². The summed E-state index contributed by atoms with van der Waals surface area (Å²) in [5, 5.41) is 6.76. The van der Waals surface area contributed by atoms with E-state index in [9.17, 15) is 18.8 Å². The van der Waals surface area contributed by atoms with Gasteiger partial charge in [-0.3, -0.25) is 9.59 Å². The third-order valence-corrected chi connectivity index (χ3v) is 5.17. The van der Waals surface area contributed by atoms with Gasteiger partial charge in [-0.05, 0) is 42.5 Å². The molecule has 0 aliphatic rings. The molecule has 2 rings (SSSR count). The van der Waals surface area contributed by atoms with Gasteiger partial charge in [-0.25, -0.2) is 9.18 Å². The number of nitrogens with one attached hydrogen (secondary N) is 2. The second-order valence-corrected chi connectivity index (χ2v) is 8.23. The summed E-state index contributed by atoms with van der Waals surface area (Å²) in [6.45, 7) is 4.88.